The summed E-state index contributed by atoms with van der Waals surface area (Å²) < 4.78 is 5.99. The van der Waals surface area contributed by atoms with Gasteiger partial charge >= 0.3 is 0 Å². The highest BCUT2D eigenvalue weighted by atomic mass is 35.5. The average Bonchev–Trinajstić information content (AvgIpc) is 2.64. The Labute approximate surface area is 105 Å². The Bertz CT molecular complexity index is 217. The van der Waals surface area contributed by atoms with Crippen LogP contribution in [0.25, 0.3) is 0 Å². The highest BCUT2D eigenvalue weighted by Gasteiger charge is 2.37. The van der Waals surface area contributed by atoms with Crippen LogP contribution < -0.4 is 10.6 Å². The molecule has 16 heavy (non-hydrogen) atoms. The fourth-order valence-electron chi connectivity index (χ4n) is 2.42. The number of ether oxygens (including phenoxy) is 1. The minimum Gasteiger partial charge on any atom is -0.360 e. The van der Waals surface area contributed by atoms with E-state index in [1.54, 1.807) is 0 Å². The molecular weight excluding hydrogens is 224 g/mol. The lowest BCUT2D eigenvalue weighted by Gasteiger charge is -2.43. The van der Waals surface area contributed by atoms with Crippen molar-refractivity contribution in [2.45, 2.75) is 51.8 Å². The molecule has 2 unspecified atom stereocenters. The van der Waals surface area contributed by atoms with Gasteiger partial charge in [0.15, 0.2) is 0 Å². The molecule has 0 radical (unpaired) electrons. The first-order valence-electron chi connectivity index (χ1n) is 6.12. The van der Waals surface area contributed by atoms with Crippen LogP contribution in [0, 0.1) is 5.41 Å². The van der Waals surface area contributed by atoms with E-state index in [9.17, 15) is 0 Å². The van der Waals surface area contributed by atoms with E-state index in [0.29, 0.717) is 6.04 Å². The minimum atomic E-state index is -0.114. The maximum Gasteiger partial charge on any atom is 0.117 e. The van der Waals surface area contributed by atoms with Crippen molar-refractivity contribution in [3.63, 3.8) is 0 Å². The van der Waals surface area contributed by atoms with Gasteiger partial charge in [0.1, 0.15) is 5.72 Å². The van der Waals surface area contributed by atoms with Gasteiger partial charge in [0.05, 0.1) is 6.61 Å². The quantitative estimate of drug-likeness (QED) is 0.783. The Morgan fingerprint density at radius 3 is 2.56 bits per heavy atom. The summed E-state index contributed by atoms with van der Waals surface area (Å²) >= 11 is 0. The number of hydrogen-bond donors (Lipinski definition) is 2. The van der Waals surface area contributed by atoms with Gasteiger partial charge in [0, 0.05) is 24.4 Å². The zero-order valence-electron chi connectivity index (χ0n) is 10.6. The predicted molar refractivity (Wildman–Crippen MR) is 69.0 cm³/mol. The van der Waals surface area contributed by atoms with Gasteiger partial charge in [-0.3, -0.25) is 5.32 Å². The molecule has 2 N–H and O–H groups in total. The molecule has 2 rings (SSSR count). The molecule has 0 saturated carbocycles. The SMILES string of the molecule is CC1(C)CNC(C)(CC2CCCN2)OC1.Cl. The Hall–Kier alpha value is 0.170. The van der Waals surface area contributed by atoms with Crippen molar-refractivity contribution >= 4 is 12.4 Å². The van der Waals surface area contributed by atoms with Gasteiger partial charge in [-0.2, -0.15) is 0 Å². The molecule has 4 heteroatoms. The van der Waals surface area contributed by atoms with E-state index in [4.69, 9.17) is 4.74 Å². The molecule has 0 bridgehead atoms. The zero-order valence-corrected chi connectivity index (χ0v) is 11.5. The highest BCUT2D eigenvalue weighted by molar-refractivity contribution is 5.85. The Morgan fingerprint density at radius 2 is 2.06 bits per heavy atom. The van der Waals surface area contributed by atoms with Crippen LogP contribution in [0.5, 0.6) is 0 Å². The third-order valence-corrected chi connectivity index (χ3v) is 3.52. The molecule has 0 amide bonds. The van der Waals surface area contributed by atoms with Gasteiger partial charge in [0.25, 0.3) is 0 Å². The summed E-state index contributed by atoms with van der Waals surface area (Å²) in [6, 6.07) is 0.642. The maximum atomic E-state index is 5.99. The van der Waals surface area contributed by atoms with Crippen molar-refractivity contribution in [1.29, 1.82) is 0 Å². The topological polar surface area (TPSA) is 33.3 Å². The van der Waals surface area contributed by atoms with Crippen LogP contribution in [0.15, 0.2) is 0 Å². The molecule has 2 heterocycles. The van der Waals surface area contributed by atoms with E-state index in [2.05, 4.69) is 31.4 Å². The zero-order chi connectivity index (χ0) is 10.9. The normalized spacial score (nSPS) is 38.1. The fraction of sp³-hybridized carbons (Fsp3) is 1.00. The fourth-order valence-corrected chi connectivity index (χ4v) is 2.42. The second-order valence-corrected chi connectivity index (χ2v) is 6.03. The number of hydrogen-bond acceptors (Lipinski definition) is 3. The molecule has 96 valence electrons. The molecular formula is C12H25ClN2O. The Balaban J connectivity index is 0.00000128. The molecule has 0 spiro atoms. The van der Waals surface area contributed by atoms with E-state index in [1.807, 2.05) is 0 Å². The summed E-state index contributed by atoms with van der Waals surface area (Å²) in [6.07, 6.45) is 3.69. The predicted octanol–water partition coefficient (Wildman–Crippen LogP) is 1.91. The van der Waals surface area contributed by atoms with Crippen LogP contribution in [0.1, 0.15) is 40.0 Å². The lowest BCUT2D eigenvalue weighted by atomic mass is 9.90. The molecule has 2 saturated heterocycles. The summed E-state index contributed by atoms with van der Waals surface area (Å²) in [6.45, 7) is 9.76. The van der Waals surface area contributed by atoms with Crippen LogP contribution in [0.4, 0.5) is 0 Å². The number of halogens is 1. The monoisotopic (exact) mass is 248 g/mol. The minimum absolute atomic E-state index is 0. The molecule has 0 aromatic heterocycles. The van der Waals surface area contributed by atoms with Gasteiger partial charge in [0.2, 0.25) is 0 Å². The first-order chi connectivity index (χ1) is 6.99. The van der Waals surface area contributed by atoms with Gasteiger partial charge in [-0.25, -0.2) is 0 Å². The van der Waals surface area contributed by atoms with Crippen molar-refractivity contribution in [2.24, 2.45) is 5.41 Å². The largest absolute Gasteiger partial charge is 0.360 e. The van der Waals surface area contributed by atoms with E-state index in [0.717, 1.165) is 19.6 Å². The van der Waals surface area contributed by atoms with E-state index in [-0.39, 0.29) is 23.5 Å². The second-order valence-electron chi connectivity index (χ2n) is 6.03. The molecule has 3 nitrogen and oxygen atoms in total. The highest BCUT2D eigenvalue weighted by Crippen LogP contribution is 2.28. The Kier molecular flexibility index (Phi) is 4.64. The van der Waals surface area contributed by atoms with Crippen LogP contribution in [-0.2, 0) is 4.74 Å². The molecule has 2 atom stereocenters. The summed E-state index contributed by atoms with van der Waals surface area (Å²) in [5.74, 6) is 0. The summed E-state index contributed by atoms with van der Waals surface area (Å²) in [7, 11) is 0. The first-order valence-corrected chi connectivity index (χ1v) is 6.12. The molecule has 2 aliphatic rings. The van der Waals surface area contributed by atoms with Gasteiger partial charge in [-0.1, -0.05) is 13.8 Å². The molecule has 0 aromatic carbocycles. The van der Waals surface area contributed by atoms with Crippen LogP contribution in [0.2, 0.25) is 0 Å². The van der Waals surface area contributed by atoms with E-state index < -0.39 is 0 Å². The van der Waals surface area contributed by atoms with Crippen LogP contribution in [-0.4, -0.2) is 31.5 Å². The molecule has 2 fully saturated rings. The maximum absolute atomic E-state index is 5.99. The smallest absolute Gasteiger partial charge is 0.117 e. The number of nitrogens with one attached hydrogen (secondary N) is 2. The summed E-state index contributed by atoms with van der Waals surface area (Å²) in [4.78, 5) is 0. The van der Waals surface area contributed by atoms with Crippen molar-refractivity contribution in [3.05, 3.63) is 0 Å². The van der Waals surface area contributed by atoms with Crippen molar-refractivity contribution in [1.82, 2.24) is 10.6 Å². The molecule has 2 aliphatic heterocycles. The average molecular weight is 249 g/mol. The second kappa shape index (κ2) is 5.21. The lowest BCUT2D eigenvalue weighted by molar-refractivity contribution is -0.133. The van der Waals surface area contributed by atoms with Crippen molar-refractivity contribution in [3.8, 4) is 0 Å². The molecule has 0 aromatic rings. The number of rotatable bonds is 2. The Morgan fingerprint density at radius 1 is 1.31 bits per heavy atom. The first kappa shape index (κ1) is 14.2. The van der Waals surface area contributed by atoms with Crippen molar-refractivity contribution < 1.29 is 4.74 Å². The van der Waals surface area contributed by atoms with Crippen LogP contribution >= 0.6 is 12.4 Å². The standard InChI is InChI=1S/C12H24N2O.ClH/c1-11(2)8-14-12(3,15-9-11)7-10-5-4-6-13-10;/h10,13-14H,4-9H2,1-3H3;1H. The van der Waals surface area contributed by atoms with E-state index >= 15 is 0 Å². The van der Waals surface area contributed by atoms with Crippen LogP contribution in [0.3, 0.4) is 0 Å². The summed E-state index contributed by atoms with van der Waals surface area (Å²) in [5.41, 5.74) is 0.167. The third-order valence-electron chi connectivity index (χ3n) is 3.52. The third kappa shape index (κ3) is 3.59. The van der Waals surface area contributed by atoms with Gasteiger partial charge in [-0.05, 0) is 26.3 Å². The van der Waals surface area contributed by atoms with E-state index in [1.165, 1.54) is 19.4 Å². The molecule has 0 aliphatic carbocycles. The van der Waals surface area contributed by atoms with Gasteiger partial charge < -0.3 is 10.1 Å². The van der Waals surface area contributed by atoms with Crippen molar-refractivity contribution in [2.75, 3.05) is 19.7 Å². The summed E-state index contributed by atoms with van der Waals surface area (Å²) in [5, 5.41) is 7.08. The van der Waals surface area contributed by atoms with Gasteiger partial charge in [-0.15, -0.1) is 12.4 Å². The lowest BCUT2D eigenvalue weighted by Crippen LogP contribution is -2.57.